The lowest BCUT2D eigenvalue weighted by Crippen LogP contribution is -2.02. The lowest BCUT2D eigenvalue weighted by atomic mass is 10.2. The van der Waals surface area contributed by atoms with E-state index in [0.29, 0.717) is 14.8 Å². The number of benzene rings is 1. The SMILES string of the molecule is COCc1nc(-c2ccc(F)c(F)c2)nc(Cl)c1I. The molecular weight excluding hydrogens is 388 g/mol. The van der Waals surface area contributed by atoms with Gasteiger partial charge in [-0.15, -0.1) is 0 Å². The minimum Gasteiger partial charge on any atom is -0.378 e. The highest BCUT2D eigenvalue weighted by atomic mass is 127. The van der Waals surface area contributed by atoms with E-state index < -0.39 is 11.6 Å². The average Bonchev–Trinajstić information content (AvgIpc) is 2.38. The van der Waals surface area contributed by atoms with E-state index in [9.17, 15) is 8.78 Å². The van der Waals surface area contributed by atoms with Gasteiger partial charge in [0.2, 0.25) is 0 Å². The molecule has 0 unspecified atom stereocenters. The maximum Gasteiger partial charge on any atom is 0.161 e. The van der Waals surface area contributed by atoms with Gasteiger partial charge in [0.15, 0.2) is 17.5 Å². The zero-order valence-electron chi connectivity index (χ0n) is 9.75. The molecule has 0 aliphatic heterocycles. The van der Waals surface area contributed by atoms with Crippen LogP contribution in [-0.2, 0) is 11.3 Å². The topological polar surface area (TPSA) is 35.0 Å². The first kappa shape index (κ1) is 14.5. The van der Waals surface area contributed by atoms with Crippen LogP contribution in [0.25, 0.3) is 11.4 Å². The third kappa shape index (κ3) is 3.18. The average molecular weight is 397 g/mol. The molecule has 0 N–H and O–H groups in total. The minimum atomic E-state index is -0.955. The molecule has 0 fully saturated rings. The number of hydrogen-bond donors (Lipinski definition) is 0. The molecule has 1 aromatic heterocycles. The number of halogens is 4. The highest BCUT2D eigenvalue weighted by Gasteiger charge is 2.13. The maximum atomic E-state index is 13.2. The summed E-state index contributed by atoms with van der Waals surface area (Å²) < 4.78 is 31.8. The number of rotatable bonds is 3. The minimum absolute atomic E-state index is 0.233. The lowest BCUT2D eigenvalue weighted by molar-refractivity contribution is 0.181. The summed E-state index contributed by atoms with van der Waals surface area (Å²) >= 11 is 8.00. The van der Waals surface area contributed by atoms with Crippen LogP contribution in [0.1, 0.15) is 5.69 Å². The number of nitrogens with zero attached hydrogens (tertiary/aromatic N) is 2. The molecule has 3 nitrogen and oxygen atoms in total. The molecule has 0 saturated carbocycles. The Morgan fingerprint density at radius 2 is 2.00 bits per heavy atom. The molecule has 2 aromatic rings. The fourth-order valence-corrected chi connectivity index (χ4v) is 2.05. The third-order valence-electron chi connectivity index (χ3n) is 2.34. The summed E-state index contributed by atoms with van der Waals surface area (Å²) in [7, 11) is 1.53. The van der Waals surface area contributed by atoms with Crippen molar-refractivity contribution in [3.63, 3.8) is 0 Å². The monoisotopic (exact) mass is 396 g/mol. The number of hydrogen-bond acceptors (Lipinski definition) is 3. The zero-order chi connectivity index (χ0) is 14.0. The second-order valence-electron chi connectivity index (χ2n) is 3.66. The first-order valence-corrected chi connectivity index (χ1v) is 6.65. The molecule has 0 atom stereocenters. The van der Waals surface area contributed by atoms with Crippen LogP contribution < -0.4 is 0 Å². The fraction of sp³-hybridized carbons (Fsp3) is 0.167. The molecule has 0 saturated heterocycles. The van der Waals surface area contributed by atoms with Crippen LogP contribution in [0.4, 0.5) is 8.78 Å². The van der Waals surface area contributed by atoms with Crippen LogP contribution in [0.3, 0.4) is 0 Å². The third-order valence-corrected chi connectivity index (χ3v) is 4.06. The van der Waals surface area contributed by atoms with Crippen molar-refractivity contribution in [2.75, 3.05) is 7.11 Å². The smallest absolute Gasteiger partial charge is 0.161 e. The zero-order valence-corrected chi connectivity index (χ0v) is 12.7. The van der Waals surface area contributed by atoms with Crippen molar-refractivity contribution in [3.8, 4) is 11.4 Å². The van der Waals surface area contributed by atoms with Gasteiger partial charge >= 0.3 is 0 Å². The van der Waals surface area contributed by atoms with Crippen LogP contribution in [0.2, 0.25) is 5.15 Å². The molecule has 0 aliphatic rings. The van der Waals surface area contributed by atoms with Gasteiger partial charge in [0.25, 0.3) is 0 Å². The Hall–Kier alpha value is -0.860. The van der Waals surface area contributed by atoms with Crippen molar-refractivity contribution >= 4 is 34.2 Å². The molecule has 0 amide bonds. The molecule has 19 heavy (non-hydrogen) atoms. The summed E-state index contributed by atoms with van der Waals surface area (Å²) in [5.74, 6) is -1.64. The molecule has 0 radical (unpaired) electrons. The Morgan fingerprint density at radius 3 is 2.63 bits per heavy atom. The van der Waals surface area contributed by atoms with Gasteiger partial charge in [-0.1, -0.05) is 11.6 Å². The molecule has 100 valence electrons. The molecule has 1 heterocycles. The Morgan fingerprint density at radius 1 is 1.26 bits per heavy atom. The molecule has 1 aromatic carbocycles. The van der Waals surface area contributed by atoms with Gasteiger partial charge in [-0.05, 0) is 40.8 Å². The van der Waals surface area contributed by atoms with E-state index in [1.54, 1.807) is 0 Å². The van der Waals surface area contributed by atoms with Crippen molar-refractivity contribution in [1.29, 1.82) is 0 Å². The van der Waals surface area contributed by atoms with Crippen LogP contribution in [-0.4, -0.2) is 17.1 Å². The van der Waals surface area contributed by atoms with Gasteiger partial charge in [-0.3, -0.25) is 0 Å². The first-order chi connectivity index (χ1) is 9.02. The molecule has 2 rings (SSSR count). The lowest BCUT2D eigenvalue weighted by Gasteiger charge is -2.08. The van der Waals surface area contributed by atoms with Crippen molar-refractivity contribution in [1.82, 2.24) is 9.97 Å². The van der Waals surface area contributed by atoms with E-state index in [2.05, 4.69) is 9.97 Å². The molecule has 7 heteroatoms. The van der Waals surface area contributed by atoms with Crippen LogP contribution in [0, 0.1) is 15.2 Å². The van der Waals surface area contributed by atoms with E-state index in [4.69, 9.17) is 16.3 Å². The van der Waals surface area contributed by atoms with Gasteiger partial charge < -0.3 is 4.74 Å². The first-order valence-electron chi connectivity index (χ1n) is 5.19. The van der Waals surface area contributed by atoms with Gasteiger partial charge in [0, 0.05) is 12.7 Å². The predicted octanol–water partition coefficient (Wildman–Crippen LogP) is 3.83. The van der Waals surface area contributed by atoms with Crippen molar-refractivity contribution in [2.45, 2.75) is 6.61 Å². The normalized spacial score (nSPS) is 10.8. The van der Waals surface area contributed by atoms with Crippen LogP contribution >= 0.6 is 34.2 Å². The Kier molecular flexibility index (Phi) is 4.64. The van der Waals surface area contributed by atoms with E-state index in [1.807, 2.05) is 22.6 Å². The largest absolute Gasteiger partial charge is 0.378 e. The van der Waals surface area contributed by atoms with Gasteiger partial charge in [-0.2, -0.15) is 0 Å². The van der Waals surface area contributed by atoms with Gasteiger partial charge in [0.1, 0.15) is 5.15 Å². The van der Waals surface area contributed by atoms with Gasteiger partial charge in [0.05, 0.1) is 15.9 Å². The van der Waals surface area contributed by atoms with Crippen LogP contribution in [0.5, 0.6) is 0 Å². The summed E-state index contributed by atoms with van der Waals surface area (Å²) in [6.07, 6.45) is 0. The molecular formula is C12H8ClF2IN2O. The summed E-state index contributed by atoms with van der Waals surface area (Å²) in [5.41, 5.74) is 0.956. The molecule has 0 bridgehead atoms. The standard InChI is InChI=1S/C12H8ClF2IN2O/c1-19-5-9-10(16)11(13)18-12(17-9)6-2-3-7(14)8(15)4-6/h2-4H,5H2,1H3. The Balaban J connectivity index is 2.52. The van der Waals surface area contributed by atoms with Crippen molar-refractivity contribution < 1.29 is 13.5 Å². The number of aromatic nitrogens is 2. The quantitative estimate of drug-likeness (QED) is 0.584. The highest BCUT2D eigenvalue weighted by molar-refractivity contribution is 14.1. The predicted molar refractivity (Wildman–Crippen MR) is 75.8 cm³/mol. The summed E-state index contributed by atoms with van der Waals surface area (Å²) in [6, 6.07) is 3.45. The van der Waals surface area contributed by atoms with Crippen LogP contribution in [0.15, 0.2) is 18.2 Å². The highest BCUT2D eigenvalue weighted by Crippen LogP contribution is 2.25. The molecule has 0 aliphatic carbocycles. The summed E-state index contributed by atoms with van der Waals surface area (Å²) in [4.78, 5) is 8.31. The van der Waals surface area contributed by atoms with E-state index in [1.165, 1.54) is 13.2 Å². The number of ether oxygens (including phenoxy) is 1. The summed E-state index contributed by atoms with van der Waals surface area (Å²) in [5, 5.41) is 0.252. The van der Waals surface area contributed by atoms with E-state index in [-0.39, 0.29) is 17.6 Å². The van der Waals surface area contributed by atoms with Gasteiger partial charge in [-0.25, -0.2) is 18.7 Å². The number of methoxy groups -OCH3 is 1. The van der Waals surface area contributed by atoms with Crippen molar-refractivity contribution in [2.24, 2.45) is 0 Å². The Labute approximate surface area is 127 Å². The van der Waals surface area contributed by atoms with E-state index in [0.717, 1.165) is 12.1 Å². The van der Waals surface area contributed by atoms with Crippen molar-refractivity contribution in [3.05, 3.63) is 44.3 Å². The Bertz CT molecular complexity index is 625. The fourth-order valence-electron chi connectivity index (χ4n) is 1.46. The summed E-state index contributed by atoms with van der Waals surface area (Å²) in [6.45, 7) is 0.261. The molecule has 0 spiro atoms. The second kappa shape index (κ2) is 6.06. The second-order valence-corrected chi connectivity index (χ2v) is 5.10. The maximum absolute atomic E-state index is 13.2. The van der Waals surface area contributed by atoms with E-state index >= 15 is 0 Å².